The summed E-state index contributed by atoms with van der Waals surface area (Å²) in [6.07, 6.45) is 5.94. The summed E-state index contributed by atoms with van der Waals surface area (Å²) in [4.78, 5) is 0. The molecule has 0 aliphatic heterocycles. The molecule has 2 atom stereocenters. The van der Waals surface area contributed by atoms with Gasteiger partial charge in [-0.2, -0.15) is 0 Å². The number of allylic oxidation sites excluding steroid dienone is 2. The van der Waals surface area contributed by atoms with Crippen LogP contribution in [0.1, 0.15) is 29.4 Å². The minimum atomic E-state index is 0.662. The molecular formula is C12H12O. The van der Waals surface area contributed by atoms with Crippen LogP contribution in [0.3, 0.4) is 0 Å². The minimum absolute atomic E-state index is 0.662. The maximum Gasteiger partial charge on any atom is 0.119 e. The predicted molar refractivity (Wildman–Crippen MR) is 52.2 cm³/mol. The van der Waals surface area contributed by atoms with Crippen LogP contribution in [0, 0.1) is 0 Å². The zero-order valence-corrected chi connectivity index (χ0v) is 7.66. The molecule has 3 rings (SSSR count). The van der Waals surface area contributed by atoms with Crippen molar-refractivity contribution in [3.63, 3.8) is 0 Å². The van der Waals surface area contributed by atoms with Crippen LogP contribution in [-0.2, 0) is 0 Å². The molecule has 0 amide bonds. The van der Waals surface area contributed by atoms with Gasteiger partial charge in [-0.15, -0.1) is 0 Å². The molecule has 2 unspecified atom stereocenters. The average molecular weight is 172 g/mol. The van der Waals surface area contributed by atoms with E-state index in [9.17, 15) is 0 Å². The summed E-state index contributed by atoms with van der Waals surface area (Å²) in [5.74, 6) is 2.33. The third-order valence-corrected chi connectivity index (χ3v) is 3.18. The fourth-order valence-electron chi connectivity index (χ4n) is 2.50. The summed E-state index contributed by atoms with van der Waals surface area (Å²) in [6, 6.07) is 6.46. The van der Waals surface area contributed by atoms with E-state index >= 15 is 0 Å². The molecule has 66 valence electrons. The molecule has 1 nitrogen and oxygen atoms in total. The normalized spacial score (nSPS) is 27.8. The monoisotopic (exact) mass is 172 g/mol. The van der Waals surface area contributed by atoms with Gasteiger partial charge in [0.05, 0.1) is 7.11 Å². The summed E-state index contributed by atoms with van der Waals surface area (Å²) in [7, 11) is 1.73. The van der Waals surface area contributed by atoms with Crippen molar-refractivity contribution in [3.8, 4) is 5.75 Å². The van der Waals surface area contributed by atoms with E-state index in [0.717, 1.165) is 5.75 Å². The second kappa shape index (κ2) is 2.38. The van der Waals surface area contributed by atoms with Gasteiger partial charge in [-0.05, 0) is 29.7 Å². The van der Waals surface area contributed by atoms with Crippen LogP contribution in [-0.4, -0.2) is 7.11 Å². The van der Waals surface area contributed by atoms with Gasteiger partial charge in [-0.25, -0.2) is 0 Å². The second-order valence-corrected chi connectivity index (χ2v) is 3.83. The predicted octanol–water partition coefficient (Wildman–Crippen LogP) is 2.84. The Bertz CT molecular complexity index is 379. The van der Waals surface area contributed by atoms with Gasteiger partial charge in [0.25, 0.3) is 0 Å². The first-order chi connectivity index (χ1) is 6.38. The van der Waals surface area contributed by atoms with Crippen LogP contribution in [0.25, 0.3) is 0 Å². The lowest BCUT2D eigenvalue weighted by Crippen LogP contribution is -1.93. The molecule has 13 heavy (non-hydrogen) atoms. The average Bonchev–Trinajstić information content (AvgIpc) is 2.77. The Labute approximate surface area is 78.0 Å². The number of hydrogen-bond donors (Lipinski definition) is 0. The van der Waals surface area contributed by atoms with Crippen LogP contribution in [0.2, 0.25) is 0 Å². The smallest absolute Gasteiger partial charge is 0.119 e. The Balaban J connectivity index is 2.14. The van der Waals surface area contributed by atoms with Gasteiger partial charge >= 0.3 is 0 Å². The van der Waals surface area contributed by atoms with Gasteiger partial charge in [0.2, 0.25) is 0 Å². The van der Waals surface area contributed by atoms with Crippen LogP contribution in [0.15, 0.2) is 30.4 Å². The standard InChI is InChI=1S/C12H12O/c1-13-10-4-5-11-8-2-3-9(6-8)12(11)7-10/h2-5,7-9H,6H2,1H3. The number of methoxy groups -OCH3 is 1. The van der Waals surface area contributed by atoms with E-state index in [-0.39, 0.29) is 0 Å². The maximum atomic E-state index is 5.22. The zero-order valence-electron chi connectivity index (χ0n) is 7.66. The van der Waals surface area contributed by atoms with Crippen molar-refractivity contribution in [2.75, 3.05) is 7.11 Å². The number of benzene rings is 1. The quantitative estimate of drug-likeness (QED) is 0.592. The molecule has 1 aromatic carbocycles. The molecule has 0 aromatic heterocycles. The van der Waals surface area contributed by atoms with E-state index in [4.69, 9.17) is 4.74 Å². The van der Waals surface area contributed by atoms with E-state index in [2.05, 4.69) is 30.4 Å². The molecule has 0 radical (unpaired) electrons. The molecule has 1 heteroatoms. The fourth-order valence-corrected chi connectivity index (χ4v) is 2.50. The van der Waals surface area contributed by atoms with E-state index < -0.39 is 0 Å². The van der Waals surface area contributed by atoms with Crippen molar-refractivity contribution >= 4 is 0 Å². The lowest BCUT2D eigenvalue weighted by Gasteiger charge is -2.11. The number of rotatable bonds is 1. The van der Waals surface area contributed by atoms with Crippen LogP contribution >= 0.6 is 0 Å². The number of ether oxygens (including phenoxy) is 1. The lowest BCUT2D eigenvalue weighted by atomic mass is 9.97. The van der Waals surface area contributed by atoms with Gasteiger partial charge in [0.1, 0.15) is 5.75 Å². The zero-order chi connectivity index (χ0) is 8.84. The van der Waals surface area contributed by atoms with Crippen LogP contribution < -0.4 is 4.74 Å². The van der Waals surface area contributed by atoms with Gasteiger partial charge in [-0.1, -0.05) is 18.2 Å². The van der Waals surface area contributed by atoms with Gasteiger partial charge in [0.15, 0.2) is 0 Å². The molecule has 0 saturated heterocycles. The van der Waals surface area contributed by atoms with E-state index in [0.29, 0.717) is 11.8 Å². The van der Waals surface area contributed by atoms with Gasteiger partial charge in [0, 0.05) is 11.8 Å². The maximum absolute atomic E-state index is 5.22. The van der Waals surface area contributed by atoms with Crippen molar-refractivity contribution in [1.82, 2.24) is 0 Å². The van der Waals surface area contributed by atoms with Gasteiger partial charge in [-0.3, -0.25) is 0 Å². The first-order valence-electron chi connectivity index (χ1n) is 4.74. The highest BCUT2D eigenvalue weighted by Crippen LogP contribution is 2.49. The Hall–Kier alpha value is -1.24. The highest BCUT2D eigenvalue weighted by Gasteiger charge is 2.32. The third-order valence-electron chi connectivity index (χ3n) is 3.18. The first kappa shape index (κ1) is 7.19. The van der Waals surface area contributed by atoms with E-state index in [1.807, 2.05) is 0 Å². The third kappa shape index (κ3) is 0.873. The SMILES string of the molecule is COc1ccc2c(c1)C1C=CC2C1. The molecule has 0 fully saturated rings. The molecule has 2 aliphatic carbocycles. The van der Waals surface area contributed by atoms with Crippen molar-refractivity contribution in [2.24, 2.45) is 0 Å². The summed E-state index contributed by atoms with van der Waals surface area (Å²) >= 11 is 0. The Morgan fingerprint density at radius 2 is 1.92 bits per heavy atom. The lowest BCUT2D eigenvalue weighted by molar-refractivity contribution is 0.414. The van der Waals surface area contributed by atoms with E-state index in [1.165, 1.54) is 17.5 Å². The summed E-state index contributed by atoms with van der Waals surface area (Å²) < 4.78 is 5.22. The molecule has 2 aliphatic rings. The Morgan fingerprint density at radius 3 is 2.69 bits per heavy atom. The molecule has 0 N–H and O–H groups in total. The molecular weight excluding hydrogens is 160 g/mol. The molecule has 0 heterocycles. The molecule has 1 aromatic rings. The highest BCUT2D eigenvalue weighted by atomic mass is 16.5. The van der Waals surface area contributed by atoms with Crippen molar-refractivity contribution in [2.45, 2.75) is 18.3 Å². The molecule has 0 spiro atoms. The number of hydrogen-bond acceptors (Lipinski definition) is 1. The highest BCUT2D eigenvalue weighted by molar-refractivity contribution is 5.50. The Morgan fingerprint density at radius 1 is 1.15 bits per heavy atom. The second-order valence-electron chi connectivity index (χ2n) is 3.83. The number of fused-ring (bicyclic) bond motifs is 5. The Kier molecular flexibility index (Phi) is 1.32. The minimum Gasteiger partial charge on any atom is -0.497 e. The summed E-state index contributed by atoms with van der Waals surface area (Å²) in [5, 5.41) is 0. The van der Waals surface area contributed by atoms with Crippen molar-refractivity contribution in [3.05, 3.63) is 41.5 Å². The summed E-state index contributed by atoms with van der Waals surface area (Å²) in [6.45, 7) is 0. The van der Waals surface area contributed by atoms with Gasteiger partial charge < -0.3 is 4.74 Å². The fraction of sp³-hybridized carbons (Fsp3) is 0.333. The first-order valence-corrected chi connectivity index (χ1v) is 4.74. The van der Waals surface area contributed by atoms with Crippen molar-refractivity contribution < 1.29 is 4.74 Å². The van der Waals surface area contributed by atoms with Crippen LogP contribution in [0.4, 0.5) is 0 Å². The van der Waals surface area contributed by atoms with Crippen molar-refractivity contribution in [1.29, 1.82) is 0 Å². The molecule has 2 bridgehead atoms. The largest absolute Gasteiger partial charge is 0.497 e. The summed E-state index contributed by atoms with van der Waals surface area (Å²) in [5.41, 5.74) is 2.99. The van der Waals surface area contributed by atoms with Crippen LogP contribution in [0.5, 0.6) is 5.75 Å². The van der Waals surface area contributed by atoms with E-state index in [1.54, 1.807) is 7.11 Å². The topological polar surface area (TPSA) is 9.23 Å². The molecule has 0 saturated carbocycles.